The van der Waals surface area contributed by atoms with Crippen LogP contribution in [0.4, 0.5) is 0 Å². The van der Waals surface area contributed by atoms with Gasteiger partial charge in [-0.3, -0.25) is 0 Å². The smallest absolute Gasteiger partial charge is 0.211 e. The first kappa shape index (κ1) is 15.2. The lowest BCUT2D eigenvalue weighted by atomic mass is 10.1. The predicted molar refractivity (Wildman–Crippen MR) is 55.8 cm³/mol. The molecule has 0 aromatic rings. The van der Waals surface area contributed by atoms with Gasteiger partial charge in [0.2, 0.25) is 12.2 Å². The van der Waals surface area contributed by atoms with Gasteiger partial charge in [0, 0.05) is 0 Å². The molecule has 0 aliphatic rings. The number of nitrogens with zero attached hydrogens (tertiary/aromatic N) is 2. The summed E-state index contributed by atoms with van der Waals surface area (Å²) in [5, 5.41) is 0. The summed E-state index contributed by atoms with van der Waals surface area (Å²) < 4.78 is 0. The van der Waals surface area contributed by atoms with Gasteiger partial charge in [0.15, 0.2) is 0 Å². The van der Waals surface area contributed by atoms with Gasteiger partial charge >= 0.3 is 0 Å². The van der Waals surface area contributed by atoms with Crippen LogP contribution in [0, 0.1) is 0 Å². The SMILES string of the molecule is CC(C)(C)N=C=O.CCCCN=C=O. The van der Waals surface area contributed by atoms with E-state index in [1.54, 1.807) is 0 Å². The first-order valence-corrected chi connectivity index (χ1v) is 4.60. The molecule has 0 amide bonds. The fourth-order valence-corrected chi connectivity index (χ4v) is 0.420. The molecule has 0 N–H and O–H groups in total. The summed E-state index contributed by atoms with van der Waals surface area (Å²) in [6.45, 7) is 8.23. The maximum absolute atomic E-state index is 9.53. The van der Waals surface area contributed by atoms with Gasteiger partial charge in [-0.2, -0.15) is 0 Å². The lowest BCUT2D eigenvalue weighted by molar-refractivity contribution is 0.535. The lowest BCUT2D eigenvalue weighted by Crippen LogP contribution is -2.07. The molecule has 4 nitrogen and oxygen atoms in total. The summed E-state index contributed by atoms with van der Waals surface area (Å²) in [4.78, 5) is 25.7. The van der Waals surface area contributed by atoms with Crippen LogP contribution in [0.25, 0.3) is 0 Å². The second-order valence-corrected chi connectivity index (χ2v) is 3.70. The molecule has 0 unspecified atom stereocenters. The molecule has 0 heterocycles. The molecule has 0 radical (unpaired) electrons. The second kappa shape index (κ2) is 9.85. The third-order valence-corrected chi connectivity index (χ3v) is 1.07. The highest BCUT2D eigenvalue weighted by molar-refractivity contribution is 5.34. The Bertz CT molecular complexity index is 219. The predicted octanol–water partition coefficient (Wildman–Crippen LogP) is 2.24. The summed E-state index contributed by atoms with van der Waals surface area (Å²) in [5.74, 6) is 0. The number of rotatable bonds is 3. The maximum atomic E-state index is 9.53. The number of unbranched alkanes of at least 4 members (excludes halogenated alkanes) is 1. The molecule has 4 heteroatoms. The topological polar surface area (TPSA) is 58.9 Å². The zero-order valence-corrected chi connectivity index (χ0v) is 9.33. The molecule has 0 aromatic heterocycles. The summed E-state index contributed by atoms with van der Waals surface area (Å²) in [6.07, 6.45) is 5.04. The van der Waals surface area contributed by atoms with Gasteiger partial charge in [-0.15, -0.1) is 0 Å². The number of aliphatic imine (C=N–C) groups is 2. The van der Waals surface area contributed by atoms with Gasteiger partial charge in [-0.05, 0) is 27.2 Å². The van der Waals surface area contributed by atoms with Crippen LogP contribution in [0.1, 0.15) is 40.5 Å². The third kappa shape index (κ3) is 22.4. The highest BCUT2D eigenvalue weighted by Gasteiger charge is 2.04. The molecule has 0 aliphatic carbocycles. The Kier molecular flexibility index (Phi) is 10.7. The first-order valence-electron chi connectivity index (χ1n) is 4.60. The molecule has 0 rings (SSSR count). The molecule has 0 atom stereocenters. The zero-order valence-electron chi connectivity index (χ0n) is 9.33. The molecule has 14 heavy (non-hydrogen) atoms. The third-order valence-electron chi connectivity index (χ3n) is 1.07. The lowest BCUT2D eigenvalue weighted by Gasteiger charge is -2.05. The van der Waals surface area contributed by atoms with E-state index in [-0.39, 0.29) is 5.54 Å². The van der Waals surface area contributed by atoms with E-state index in [9.17, 15) is 9.59 Å². The van der Waals surface area contributed by atoms with Crippen molar-refractivity contribution < 1.29 is 9.59 Å². The largest absolute Gasteiger partial charge is 0.235 e. The maximum Gasteiger partial charge on any atom is 0.235 e. The monoisotopic (exact) mass is 198 g/mol. The number of carbonyl (C=O) groups excluding carboxylic acids is 2. The average molecular weight is 198 g/mol. The van der Waals surface area contributed by atoms with Crippen LogP contribution in [-0.2, 0) is 9.59 Å². The fourth-order valence-electron chi connectivity index (χ4n) is 0.420. The molecule has 0 saturated carbocycles. The van der Waals surface area contributed by atoms with Gasteiger partial charge in [0.1, 0.15) is 0 Å². The molecule has 0 aromatic carbocycles. The van der Waals surface area contributed by atoms with E-state index < -0.39 is 0 Å². The highest BCUT2D eigenvalue weighted by atomic mass is 16.1. The molecule has 0 bridgehead atoms. The van der Waals surface area contributed by atoms with Crippen LogP contribution in [-0.4, -0.2) is 24.2 Å². The van der Waals surface area contributed by atoms with Gasteiger partial charge in [-0.1, -0.05) is 13.3 Å². The van der Waals surface area contributed by atoms with Gasteiger partial charge in [0.05, 0.1) is 12.1 Å². The van der Waals surface area contributed by atoms with Crippen LogP contribution in [0.3, 0.4) is 0 Å². The van der Waals surface area contributed by atoms with Crippen LogP contribution in [0.15, 0.2) is 9.98 Å². The van der Waals surface area contributed by atoms with Crippen molar-refractivity contribution in [3.8, 4) is 0 Å². The Morgan fingerprint density at radius 2 is 1.71 bits per heavy atom. The number of hydrogen-bond acceptors (Lipinski definition) is 4. The van der Waals surface area contributed by atoms with E-state index in [0.29, 0.717) is 6.54 Å². The Hall–Kier alpha value is -1.24. The highest BCUT2D eigenvalue weighted by Crippen LogP contribution is 2.02. The normalized spacial score (nSPS) is 8.86. The molecule has 80 valence electrons. The quantitative estimate of drug-likeness (QED) is 0.396. The minimum Gasteiger partial charge on any atom is -0.211 e. The van der Waals surface area contributed by atoms with Crippen molar-refractivity contribution in [2.75, 3.05) is 6.54 Å². The molecule has 0 fully saturated rings. The van der Waals surface area contributed by atoms with Gasteiger partial charge < -0.3 is 0 Å². The van der Waals surface area contributed by atoms with E-state index in [2.05, 4.69) is 16.9 Å². The number of hydrogen-bond donors (Lipinski definition) is 0. The van der Waals surface area contributed by atoms with Crippen molar-refractivity contribution in [1.82, 2.24) is 0 Å². The van der Waals surface area contributed by atoms with E-state index >= 15 is 0 Å². The van der Waals surface area contributed by atoms with Crippen LogP contribution >= 0.6 is 0 Å². The van der Waals surface area contributed by atoms with Crippen molar-refractivity contribution in [3.05, 3.63) is 0 Å². The molecule has 0 spiro atoms. The van der Waals surface area contributed by atoms with Gasteiger partial charge in [0.25, 0.3) is 0 Å². The standard InChI is InChI=1S/2C5H9NO/c1-5(2,3)6-4-7;1-2-3-4-6-5-7/h1-3H3;2-4H2,1H3. The minimum absolute atomic E-state index is 0.248. The Balaban J connectivity index is 0. The van der Waals surface area contributed by atoms with Crippen molar-refractivity contribution in [2.45, 2.75) is 46.1 Å². The minimum atomic E-state index is -0.248. The summed E-state index contributed by atoms with van der Waals surface area (Å²) in [6, 6.07) is 0. The average Bonchev–Trinajstić information content (AvgIpc) is 2.04. The summed E-state index contributed by atoms with van der Waals surface area (Å²) >= 11 is 0. The van der Waals surface area contributed by atoms with E-state index in [1.807, 2.05) is 20.8 Å². The Labute approximate surface area is 85.1 Å². The van der Waals surface area contributed by atoms with E-state index in [0.717, 1.165) is 12.8 Å². The molecule has 0 saturated heterocycles. The van der Waals surface area contributed by atoms with Crippen molar-refractivity contribution in [3.63, 3.8) is 0 Å². The number of isocyanates is 2. The van der Waals surface area contributed by atoms with Crippen molar-refractivity contribution in [2.24, 2.45) is 9.98 Å². The van der Waals surface area contributed by atoms with Gasteiger partial charge in [-0.25, -0.2) is 19.6 Å². The van der Waals surface area contributed by atoms with Crippen LogP contribution in [0.2, 0.25) is 0 Å². The Morgan fingerprint density at radius 3 is 1.93 bits per heavy atom. The van der Waals surface area contributed by atoms with Crippen LogP contribution in [0.5, 0.6) is 0 Å². The zero-order chi connectivity index (χ0) is 11.4. The first-order chi connectivity index (χ1) is 6.47. The van der Waals surface area contributed by atoms with Crippen LogP contribution < -0.4 is 0 Å². The molecular weight excluding hydrogens is 180 g/mol. The summed E-state index contributed by atoms with van der Waals surface area (Å²) in [5.41, 5.74) is -0.248. The molecular formula is C10H18N2O2. The molecule has 0 aliphatic heterocycles. The van der Waals surface area contributed by atoms with E-state index in [1.165, 1.54) is 12.2 Å². The fraction of sp³-hybridized carbons (Fsp3) is 0.800. The van der Waals surface area contributed by atoms with E-state index in [4.69, 9.17) is 0 Å². The van der Waals surface area contributed by atoms with Crippen molar-refractivity contribution >= 4 is 12.2 Å². The Morgan fingerprint density at radius 1 is 1.14 bits per heavy atom. The summed E-state index contributed by atoms with van der Waals surface area (Å²) in [7, 11) is 0. The van der Waals surface area contributed by atoms with Crippen molar-refractivity contribution in [1.29, 1.82) is 0 Å². The second-order valence-electron chi connectivity index (χ2n) is 3.70.